The molecule has 6 heteroatoms. The molecule has 1 unspecified atom stereocenters. The molecule has 0 saturated carbocycles. The molecule has 0 aliphatic rings. The fourth-order valence-electron chi connectivity index (χ4n) is 3.06. The molecule has 1 N–H and O–H groups in total. The first-order chi connectivity index (χ1) is 13.0. The van der Waals surface area contributed by atoms with Gasteiger partial charge >= 0.3 is 0 Å². The van der Waals surface area contributed by atoms with Crippen molar-refractivity contribution >= 4 is 32.9 Å². The number of nitrogens with zero attached hydrogens (tertiary/aromatic N) is 3. The maximum Gasteiger partial charge on any atom is 0.255 e. The van der Waals surface area contributed by atoms with Crippen LogP contribution in [0.4, 0.5) is 0 Å². The highest BCUT2D eigenvalue weighted by atomic mass is 79.9. The number of carbonyl (C=O) groups excluding carboxylic acids is 1. The van der Waals surface area contributed by atoms with Crippen molar-refractivity contribution < 1.29 is 4.79 Å². The van der Waals surface area contributed by atoms with Gasteiger partial charge < -0.3 is 9.88 Å². The van der Waals surface area contributed by atoms with Gasteiger partial charge in [-0.3, -0.25) is 4.79 Å². The average molecular weight is 425 g/mol. The van der Waals surface area contributed by atoms with Crippen LogP contribution >= 0.6 is 15.9 Å². The number of amides is 1. The van der Waals surface area contributed by atoms with E-state index in [1.54, 1.807) is 29.2 Å². The molecule has 2 aromatic carbocycles. The van der Waals surface area contributed by atoms with Gasteiger partial charge in [-0.15, -0.1) is 0 Å². The molecule has 3 aromatic rings. The fraction of sp³-hybridized carbons (Fsp3) is 0.286. The number of nitriles is 1. The number of halogens is 1. The van der Waals surface area contributed by atoms with Gasteiger partial charge in [-0.1, -0.05) is 35.0 Å². The molecule has 1 aromatic heterocycles. The maximum atomic E-state index is 12.8. The molecule has 0 bridgehead atoms. The number of hydrogen-bond donors (Lipinski definition) is 1. The highest BCUT2D eigenvalue weighted by Crippen LogP contribution is 2.23. The third kappa shape index (κ3) is 4.20. The summed E-state index contributed by atoms with van der Waals surface area (Å²) in [4.78, 5) is 22.7. The molecule has 0 spiro atoms. The number of H-pyrrole nitrogens is 1. The molecule has 5 nitrogen and oxygen atoms in total. The van der Waals surface area contributed by atoms with Gasteiger partial charge in [-0.2, -0.15) is 5.26 Å². The second-order valence-corrected chi connectivity index (χ2v) is 7.43. The zero-order chi connectivity index (χ0) is 19.4. The van der Waals surface area contributed by atoms with E-state index in [0.717, 1.165) is 27.8 Å². The number of fused-ring (bicyclic) bond motifs is 1. The van der Waals surface area contributed by atoms with Gasteiger partial charge in [-0.25, -0.2) is 4.98 Å². The third-order valence-corrected chi connectivity index (χ3v) is 5.20. The highest BCUT2D eigenvalue weighted by molar-refractivity contribution is 9.10. The van der Waals surface area contributed by atoms with Gasteiger partial charge in [0.25, 0.3) is 5.91 Å². The minimum absolute atomic E-state index is 0.101. The van der Waals surface area contributed by atoms with E-state index in [4.69, 9.17) is 0 Å². The van der Waals surface area contributed by atoms with Crippen LogP contribution in [0.15, 0.2) is 46.9 Å². The zero-order valence-corrected chi connectivity index (χ0v) is 17.0. The lowest BCUT2D eigenvalue weighted by Crippen LogP contribution is -2.33. The van der Waals surface area contributed by atoms with Crippen LogP contribution in [0.1, 0.15) is 47.9 Å². The molecule has 1 amide bonds. The molecular weight excluding hydrogens is 404 g/mol. The second kappa shape index (κ2) is 8.36. The smallest absolute Gasteiger partial charge is 0.255 e. The number of nitrogens with one attached hydrogen (secondary N) is 1. The molecule has 1 atom stereocenters. The molecule has 0 radical (unpaired) electrons. The van der Waals surface area contributed by atoms with Gasteiger partial charge in [0.05, 0.1) is 28.2 Å². The zero-order valence-electron chi connectivity index (χ0n) is 15.4. The molecular formula is C21H21BrN4O. The Hall–Kier alpha value is -2.65. The Kier molecular flexibility index (Phi) is 5.92. The van der Waals surface area contributed by atoms with Crippen molar-refractivity contribution in [1.82, 2.24) is 14.9 Å². The molecule has 0 aliphatic heterocycles. The molecule has 0 saturated heterocycles. The van der Waals surface area contributed by atoms with Crippen molar-refractivity contribution in [2.24, 2.45) is 0 Å². The van der Waals surface area contributed by atoms with Crippen LogP contribution in [-0.4, -0.2) is 33.9 Å². The summed E-state index contributed by atoms with van der Waals surface area (Å²) < 4.78 is 1.000. The molecule has 1 heterocycles. The lowest BCUT2D eigenvalue weighted by Gasteiger charge is -2.22. The first-order valence-corrected chi connectivity index (χ1v) is 9.76. The van der Waals surface area contributed by atoms with E-state index in [2.05, 4.69) is 38.9 Å². The summed E-state index contributed by atoms with van der Waals surface area (Å²) in [6.45, 7) is 5.26. The summed E-state index contributed by atoms with van der Waals surface area (Å²) in [6.07, 6.45) is 0.787. The summed E-state index contributed by atoms with van der Waals surface area (Å²) in [5.74, 6) is 1.00. The van der Waals surface area contributed by atoms with E-state index in [1.807, 2.05) is 25.1 Å². The number of aromatic nitrogens is 2. The number of carbonyl (C=O) groups is 1. The molecule has 0 aliphatic carbocycles. The van der Waals surface area contributed by atoms with Gasteiger partial charge in [0.2, 0.25) is 0 Å². The SMILES string of the molecule is CCN(CCC(C)c1nc2cc(Br)ccc2[nH]1)C(=O)c1ccccc1C#N. The predicted octanol–water partition coefficient (Wildman–Crippen LogP) is 4.85. The summed E-state index contributed by atoms with van der Waals surface area (Å²) in [5, 5.41) is 9.24. The normalized spacial score (nSPS) is 11.9. The lowest BCUT2D eigenvalue weighted by atomic mass is 10.0. The van der Waals surface area contributed by atoms with Crippen molar-refractivity contribution in [2.75, 3.05) is 13.1 Å². The summed E-state index contributed by atoms with van der Waals surface area (Å²) in [7, 11) is 0. The Bertz CT molecular complexity index is 1000. The maximum absolute atomic E-state index is 12.8. The number of aromatic amines is 1. The van der Waals surface area contributed by atoms with E-state index in [-0.39, 0.29) is 11.8 Å². The Morgan fingerprint density at radius 1 is 1.33 bits per heavy atom. The van der Waals surface area contributed by atoms with Gasteiger partial charge in [0, 0.05) is 23.5 Å². The van der Waals surface area contributed by atoms with Crippen LogP contribution in [0, 0.1) is 11.3 Å². The Morgan fingerprint density at radius 2 is 2.11 bits per heavy atom. The monoisotopic (exact) mass is 424 g/mol. The van der Waals surface area contributed by atoms with Crippen LogP contribution in [0.25, 0.3) is 11.0 Å². The first-order valence-electron chi connectivity index (χ1n) is 8.97. The Morgan fingerprint density at radius 3 is 2.85 bits per heavy atom. The number of imidazole rings is 1. The first kappa shape index (κ1) is 19.1. The van der Waals surface area contributed by atoms with Crippen molar-refractivity contribution in [2.45, 2.75) is 26.2 Å². The lowest BCUT2D eigenvalue weighted by molar-refractivity contribution is 0.0759. The molecule has 27 heavy (non-hydrogen) atoms. The van der Waals surface area contributed by atoms with Crippen LogP contribution < -0.4 is 0 Å². The minimum Gasteiger partial charge on any atom is -0.342 e. The van der Waals surface area contributed by atoms with E-state index in [1.165, 1.54) is 0 Å². The summed E-state index contributed by atoms with van der Waals surface area (Å²) in [6, 6.07) is 15.0. The Balaban J connectivity index is 1.71. The van der Waals surface area contributed by atoms with Crippen LogP contribution in [0.3, 0.4) is 0 Å². The van der Waals surface area contributed by atoms with E-state index < -0.39 is 0 Å². The highest BCUT2D eigenvalue weighted by Gasteiger charge is 2.19. The van der Waals surface area contributed by atoms with Gasteiger partial charge in [0.1, 0.15) is 5.82 Å². The second-order valence-electron chi connectivity index (χ2n) is 6.52. The van der Waals surface area contributed by atoms with Crippen LogP contribution in [0.2, 0.25) is 0 Å². The van der Waals surface area contributed by atoms with Gasteiger partial charge in [0.15, 0.2) is 0 Å². The van der Waals surface area contributed by atoms with Crippen molar-refractivity contribution in [3.8, 4) is 6.07 Å². The van der Waals surface area contributed by atoms with Crippen molar-refractivity contribution in [1.29, 1.82) is 5.26 Å². The minimum atomic E-state index is -0.101. The van der Waals surface area contributed by atoms with Gasteiger partial charge in [-0.05, 0) is 43.7 Å². The standard InChI is InChI=1S/C21H21BrN4O/c1-3-26(21(27)17-7-5-4-6-15(17)13-23)11-10-14(2)20-24-18-9-8-16(22)12-19(18)25-20/h4-9,12,14H,3,10-11H2,1-2H3,(H,24,25). The average Bonchev–Trinajstić information content (AvgIpc) is 3.11. The molecule has 138 valence electrons. The van der Waals surface area contributed by atoms with Crippen molar-refractivity contribution in [3.63, 3.8) is 0 Å². The van der Waals surface area contributed by atoms with Crippen LogP contribution in [-0.2, 0) is 0 Å². The topological polar surface area (TPSA) is 72.8 Å². The van der Waals surface area contributed by atoms with Crippen molar-refractivity contribution in [3.05, 3.63) is 63.9 Å². The third-order valence-electron chi connectivity index (χ3n) is 4.71. The number of benzene rings is 2. The summed E-state index contributed by atoms with van der Waals surface area (Å²) >= 11 is 3.47. The molecule has 0 fully saturated rings. The fourth-order valence-corrected chi connectivity index (χ4v) is 3.41. The quantitative estimate of drug-likeness (QED) is 0.614. The van der Waals surface area contributed by atoms with E-state index in [9.17, 15) is 10.1 Å². The number of hydrogen-bond acceptors (Lipinski definition) is 3. The number of rotatable bonds is 6. The van der Waals surface area contributed by atoms with Crippen LogP contribution in [0.5, 0.6) is 0 Å². The van der Waals surface area contributed by atoms with E-state index in [0.29, 0.717) is 24.2 Å². The Labute approximate surface area is 167 Å². The molecule has 3 rings (SSSR count). The largest absolute Gasteiger partial charge is 0.342 e. The predicted molar refractivity (Wildman–Crippen MR) is 110 cm³/mol. The van der Waals surface area contributed by atoms with E-state index >= 15 is 0 Å². The summed E-state index contributed by atoms with van der Waals surface area (Å²) in [5.41, 5.74) is 2.81.